The van der Waals surface area contributed by atoms with Gasteiger partial charge in [-0.3, -0.25) is 4.79 Å². The predicted octanol–water partition coefficient (Wildman–Crippen LogP) is -0.128. The lowest BCUT2D eigenvalue weighted by Crippen LogP contribution is -2.37. The summed E-state index contributed by atoms with van der Waals surface area (Å²) in [5, 5.41) is 14.9. The van der Waals surface area contributed by atoms with Crippen LogP contribution in [0.15, 0.2) is 0 Å². The minimum atomic E-state index is -0.380. The van der Waals surface area contributed by atoms with Gasteiger partial charge in [0, 0.05) is 25.6 Å². The van der Waals surface area contributed by atoms with Gasteiger partial charge in [0.05, 0.1) is 6.10 Å². The summed E-state index contributed by atoms with van der Waals surface area (Å²) in [7, 11) is 0. The lowest BCUT2D eigenvalue weighted by Gasteiger charge is -2.15. The van der Waals surface area contributed by atoms with E-state index >= 15 is 0 Å². The molecule has 0 spiro atoms. The third kappa shape index (κ3) is 6.54. The van der Waals surface area contributed by atoms with Crippen LogP contribution in [0.3, 0.4) is 0 Å². The van der Waals surface area contributed by atoms with E-state index in [1.807, 2.05) is 13.8 Å². The Labute approximate surface area is 79.7 Å². The minimum Gasteiger partial charge on any atom is -0.392 e. The molecule has 0 aromatic heterocycles. The molecule has 78 valence electrons. The first-order valence-electron chi connectivity index (χ1n) is 4.76. The van der Waals surface area contributed by atoms with Gasteiger partial charge in [0.1, 0.15) is 0 Å². The molecule has 0 fully saturated rings. The Kier molecular flexibility index (Phi) is 6.54. The van der Waals surface area contributed by atoms with E-state index in [-0.39, 0.29) is 18.1 Å². The van der Waals surface area contributed by atoms with Gasteiger partial charge < -0.3 is 15.7 Å². The summed E-state index contributed by atoms with van der Waals surface area (Å²) in [5.74, 6) is 0.0489. The summed E-state index contributed by atoms with van der Waals surface area (Å²) in [4.78, 5) is 11.0. The highest BCUT2D eigenvalue weighted by molar-refractivity contribution is 5.75. The van der Waals surface area contributed by atoms with Crippen LogP contribution in [0.4, 0.5) is 0 Å². The van der Waals surface area contributed by atoms with Crippen molar-refractivity contribution in [3.63, 3.8) is 0 Å². The number of aliphatic hydroxyl groups is 1. The van der Waals surface area contributed by atoms with Crippen LogP contribution in [0.5, 0.6) is 0 Å². The van der Waals surface area contributed by atoms with Crippen LogP contribution >= 0.6 is 0 Å². The summed E-state index contributed by atoms with van der Waals surface area (Å²) in [6.45, 7) is 6.79. The average Bonchev–Trinajstić information content (AvgIpc) is 2.04. The number of hydrogen-bond acceptors (Lipinski definition) is 3. The van der Waals surface area contributed by atoms with Gasteiger partial charge in [0.15, 0.2) is 0 Å². The Balaban J connectivity index is 3.39. The van der Waals surface area contributed by atoms with Gasteiger partial charge in [-0.15, -0.1) is 0 Å². The molecule has 4 heteroatoms. The van der Waals surface area contributed by atoms with E-state index in [1.165, 1.54) is 0 Å². The van der Waals surface area contributed by atoms with Crippen LogP contribution in [0.1, 0.15) is 27.2 Å². The van der Waals surface area contributed by atoms with Crippen molar-refractivity contribution in [3.8, 4) is 0 Å². The van der Waals surface area contributed by atoms with Crippen molar-refractivity contribution in [1.29, 1.82) is 0 Å². The molecule has 0 rings (SSSR count). The molecule has 2 unspecified atom stereocenters. The fourth-order valence-electron chi connectivity index (χ4n) is 0.869. The fourth-order valence-corrected chi connectivity index (χ4v) is 0.869. The van der Waals surface area contributed by atoms with Gasteiger partial charge in [-0.1, -0.05) is 0 Å². The average molecular weight is 188 g/mol. The number of nitrogens with one attached hydrogen (secondary N) is 2. The molecule has 0 aromatic carbocycles. The molecule has 0 saturated carbocycles. The number of amides is 1. The largest absolute Gasteiger partial charge is 0.392 e. The van der Waals surface area contributed by atoms with Crippen molar-refractivity contribution in [2.24, 2.45) is 0 Å². The number of carbonyl (C=O) groups excluding carboxylic acids is 1. The molecule has 0 radical (unpaired) electrons. The Morgan fingerprint density at radius 2 is 2.08 bits per heavy atom. The number of carbonyl (C=O) groups is 1. The second kappa shape index (κ2) is 6.86. The highest BCUT2D eigenvalue weighted by atomic mass is 16.3. The van der Waals surface area contributed by atoms with E-state index in [4.69, 9.17) is 5.11 Å². The van der Waals surface area contributed by atoms with Crippen molar-refractivity contribution in [1.82, 2.24) is 10.6 Å². The predicted molar refractivity (Wildman–Crippen MR) is 52.4 cm³/mol. The van der Waals surface area contributed by atoms with Crippen molar-refractivity contribution in [3.05, 3.63) is 0 Å². The molecule has 4 nitrogen and oxygen atoms in total. The summed E-state index contributed by atoms with van der Waals surface area (Å²) in [6, 6.07) is 0.0365. The fraction of sp³-hybridized carbons (Fsp3) is 0.889. The van der Waals surface area contributed by atoms with E-state index in [0.717, 1.165) is 0 Å². The standard InChI is InChI=1S/C9H20N2O2/c1-4-10-9(13)5-6-11-7(2)8(3)12/h7-8,11-12H,4-6H2,1-3H3,(H,10,13). The molecular weight excluding hydrogens is 168 g/mol. The van der Waals surface area contributed by atoms with Crippen LogP contribution in [-0.4, -0.2) is 36.2 Å². The molecule has 2 atom stereocenters. The Morgan fingerprint density at radius 3 is 2.54 bits per heavy atom. The van der Waals surface area contributed by atoms with Crippen molar-refractivity contribution in [2.45, 2.75) is 39.3 Å². The SMILES string of the molecule is CCNC(=O)CCNC(C)C(C)O. The van der Waals surface area contributed by atoms with Gasteiger partial charge in [-0.25, -0.2) is 0 Å². The van der Waals surface area contributed by atoms with Crippen LogP contribution in [0.25, 0.3) is 0 Å². The van der Waals surface area contributed by atoms with Gasteiger partial charge in [0.25, 0.3) is 0 Å². The highest BCUT2D eigenvalue weighted by Gasteiger charge is 2.07. The van der Waals surface area contributed by atoms with Crippen LogP contribution in [0.2, 0.25) is 0 Å². The molecule has 0 aliphatic rings. The third-order valence-electron chi connectivity index (χ3n) is 1.92. The van der Waals surface area contributed by atoms with Crippen molar-refractivity contribution >= 4 is 5.91 Å². The smallest absolute Gasteiger partial charge is 0.221 e. The van der Waals surface area contributed by atoms with Crippen molar-refractivity contribution in [2.75, 3.05) is 13.1 Å². The summed E-state index contributed by atoms with van der Waals surface area (Å²) in [6.07, 6.45) is 0.0829. The molecule has 0 saturated heterocycles. The quantitative estimate of drug-likeness (QED) is 0.544. The van der Waals surface area contributed by atoms with Crippen LogP contribution < -0.4 is 10.6 Å². The molecule has 0 bridgehead atoms. The molecule has 0 aromatic rings. The van der Waals surface area contributed by atoms with E-state index in [1.54, 1.807) is 6.92 Å². The molecule has 1 amide bonds. The first-order chi connectivity index (χ1) is 6.07. The lowest BCUT2D eigenvalue weighted by molar-refractivity contribution is -0.120. The monoisotopic (exact) mass is 188 g/mol. The molecule has 0 aliphatic heterocycles. The molecule has 0 aliphatic carbocycles. The van der Waals surface area contributed by atoms with Crippen LogP contribution in [0, 0.1) is 0 Å². The van der Waals surface area contributed by atoms with Gasteiger partial charge in [-0.05, 0) is 20.8 Å². The Bertz CT molecular complexity index is 149. The maximum atomic E-state index is 11.0. The Hall–Kier alpha value is -0.610. The third-order valence-corrected chi connectivity index (χ3v) is 1.92. The summed E-state index contributed by atoms with van der Waals surface area (Å²) in [5.41, 5.74) is 0. The molecular formula is C9H20N2O2. The normalized spacial score (nSPS) is 15.1. The zero-order valence-corrected chi connectivity index (χ0v) is 8.63. The van der Waals surface area contributed by atoms with Gasteiger partial charge in [0.2, 0.25) is 5.91 Å². The minimum absolute atomic E-state index is 0.0365. The number of aliphatic hydroxyl groups excluding tert-OH is 1. The number of hydrogen-bond donors (Lipinski definition) is 3. The van der Waals surface area contributed by atoms with E-state index in [2.05, 4.69) is 10.6 Å². The highest BCUT2D eigenvalue weighted by Crippen LogP contribution is 1.90. The topological polar surface area (TPSA) is 61.4 Å². The first-order valence-corrected chi connectivity index (χ1v) is 4.76. The Morgan fingerprint density at radius 1 is 1.46 bits per heavy atom. The van der Waals surface area contributed by atoms with Crippen LogP contribution in [-0.2, 0) is 4.79 Å². The lowest BCUT2D eigenvalue weighted by atomic mass is 10.2. The second-order valence-electron chi connectivity index (χ2n) is 3.19. The zero-order valence-electron chi connectivity index (χ0n) is 8.63. The van der Waals surface area contributed by atoms with Gasteiger partial charge in [-0.2, -0.15) is 0 Å². The zero-order chi connectivity index (χ0) is 10.3. The molecule has 13 heavy (non-hydrogen) atoms. The molecule has 0 heterocycles. The van der Waals surface area contributed by atoms with E-state index in [0.29, 0.717) is 19.5 Å². The first kappa shape index (κ1) is 12.4. The maximum absolute atomic E-state index is 11.0. The van der Waals surface area contributed by atoms with E-state index < -0.39 is 0 Å². The second-order valence-corrected chi connectivity index (χ2v) is 3.19. The maximum Gasteiger partial charge on any atom is 0.221 e. The molecule has 3 N–H and O–H groups in total. The summed E-state index contributed by atoms with van der Waals surface area (Å²) < 4.78 is 0. The van der Waals surface area contributed by atoms with Crippen molar-refractivity contribution < 1.29 is 9.90 Å². The van der Waals surface area contributed by atoms with Gasteiger partial charge >= 0.3 is 0 Å². The van der Waals surface area contributed by atoms with E-state index in [9.17, 15) is 4.79 Å². The summed E-state index contributed by atoms with van der Waals surface area (Å²) >= 11 is 0. The number of rotatable bonds is 6.